The number of rotatable bonds is 7. The maximum atomic E-state index is 12.1. The summed E-state index contributed by atoms with van der Waals surface area (Å²) in [5, 5.41) is 0. The third-order valence-electron chi connectivity index (χ3n) is 3.23. The van der Waals surface area contributed by atoms with Gasteiger partial charge in [0.2, 0.25) is 10.0 Å². The fourth-order valence-corrected chi connectivity index (χ4v) is 3.28. The van der Waals surface area contributed by atoms with Gasteiger partial charge in [-0.15, -0.1) is 13.2 Å². The third kappa shape index (κ3) is 6.23. The summed E-state index contributed by atoms with van der Waals surface area (Å²) in [7, 11) is -3.86. The maximum absolute atomic E-state index is 12.1. The van der Waals surface area contributed by atoms with E-state index in [1.807, 2.05) is 32.0 Å². The molecule has 0 amide bonds. The van der Waals surface area contributed by atoms with Gasteiger partial charge in [-0.2, -0.15) is 0 Å². The summed E-state index contributed by atoms with van der Waals surface area (Å²) >= 11 is 0. The zero-order chi connectivity index (χ0) is 19.4. The molecule has 0 saturated heterocycles. The second kappa shape index (κ2) is 7.96. The minimum Gasteiger partial charge on any atom is -0.492 e. The molecule has 5 nitrogen and oxygen atoms in total. The third-order valence-corrected chi connectivity index (χ3v) is 4.70. The van der Waals surface area contributed by atoms with Crippen molar-refractivity contribution in [1.29, 1.82) is 0 Å². The SMILES string of the molecule is Cc1cc(C)cc(OCCNS(=O)(=O)c2ccc(OC(F)(F)F)cc2)c1. The second-order valence-corrected chi connectivity index (χ2v) is 7.36. The number of nitrogens with one attached hydrogen (secondary N) is 1. The number of aryl methyl sites for hydroxylation is 2. The first-order valence-corrected chi connectivity index (χ1v) is 9.10. The predicted molar refractivity (Wildman–Crippen MR) is 89.7 cm³/mol. The van der Waals surface area contributed by atoms with Gasteiger partial charge in [0.1, 0.15) is 18.1 Å². The lowest BCUT2D eigenvalue weighted by Crippen LogP contribution is -2.28. The molecule has 2 aromatic carbocycles. The highest BCUT2D eigenvalue weighted by molar-refractivity contribution is 7.89. The fourth-order valence-electron chi connectivity index (χ4n) is 2.26. The van der Waals surface area contributed by atoms with Crippen molar-refractivity contribution >= 4 is 10.0 Å². The Morgan fingerprint density at radius 3 is 2.08 bits per heavy atom. The number of ether oxygens (including phenoxy) is 2. The Morgan fingerprint density at radius 1 is 0.962 bits per heavy atom. The Labute approximate surface area is 149 Å². The zero-order valence-electron chi connectivity index (χ0n) is 14.1. The summed E-state index contributed by atoms with van der Waals surface area (Å²) in [6.07, 6.45) is -4.83. The molecule has 0 aliphatic carbocycles. The van der Waals surface area contributed by atoms with Crippen LogP contribution in [0.4, 0.5) is 13.2 Å². The number of halogens is 3. The summed E-state index contributed by atoms with van der Waals surface area (Å²) in [5.41, 5.74) is 2.06. The second-order valence-electron chi connectivity index (χ2n) is 5.59. The summed E-state index contributed by atoms with van der Waals surface area (Å²) in [4.78, 5) is -0.168. The summed E-state index contributed by atoms with van der Waals surface area (Å²) in [6, 6.07) is 9.61. The van der Waals surface area contributed by atoms with E-state index in [1.54, 1.807) is 0 Å². The lowest BCUT2D eigenvalue weighted by Gasteiger charge is -2.11. The summed E-state index contributed by atoms with van der Waals surface area (Å²) < 4.78 is 72.1. The highest BCUT2D eigenvalue weighted by atomic mass is 32.2. The van der Waals surface area contributed by atoms with Gasteiger partial charge >= 0.3 is 6.36 Å². The van der Waals surface area contributed by atoms with Crippen LogP contribution in [-0.2, 0) is 10.0 Å². The Hall–Kier alpha value is -2.26. The van der Waals surface area contributed by atoms with E-state index in [2.05, 4.69) is 9.46 Å². The average molecular weight is 389 g/mol. The molecule has 0 aliphatic heterocycles. The van der Waals surface area contributed by atoms with E-state index in [-0.39, 0.29) is 18.0 Å². The Bertz CT molecular complexity index is 829. The molecule has 0 spiro atoms. The molecule has 0 bridgehead atoms. The van der Waals surface area contributed by atoms with Crippen LogP contribution in [0.25, 0.3) is 0 Å². The van der Waals surface area contributed by atoms with Crippen molar-refractivity contribution < 1.29 is 31.1 Å². The molecule has 0 aliphatic rings. The highest BCUT2D eigenvalue weighted by Gasteiger charge is 2.31. The Morgan fingerprint density at radius 2 is 1.54 bits per heavy atom. The van der Waals surface area contributed by atoms with E-state index < -0.39 is 22.1 Å². The lowest BCUT2D eigenvalue weighted by molar-refractivity contribution is -0.274. The quantitative estimate of drug-likeness (QED) is 0.736. The molecule has 9 heteroatoms. The highest BCUT2D eigenvalue weighted by Crippen LogP contribution is 2.23. The topological polar surface area (TPSA) is 64.6 Å². The fraction of sp³-hybridized carbons (Fsp3) is 0.294. The van der Waals surface area contributed by atoms with Crippen molar-refractivity contribution in [2.75, 3.05) is 13.2 Å². The van der Waals surface area contributed by atoms with Crippen molar-refractivity contribution in [3.05, 3.63) is 53.6 Å². The first kappa shape index (κ1) is 20.1. The molecule has 2 rings (SSSR count). The van der Waals surface area contributed by atoms with E-state index in [4.69, 9.17) is 4.74 Å². The molecule has 0 atom stereocenters. The number of hydrogen-bond acceptors (Lipinski definition) is 4. The van der Waals surface area contributed by atoms with E-state index in [9.17, 15) is 21.6 Å². The molecular formula is C17H18F3NO4S. The van der Waals surface area contributed by atoms with Gasteiger partial charge in [-0.25, -0.2) is 13.1 Å². The van der Waals surface area contributed by atoms with Gasteiger partial charge in [-0.05, 0) is 61.4 Å². The number of alkyl halides is 3. The van der Waals surface area contributed by atoms with Gasteiger partial charge in [0.05, 0.1) is 4.90 Å². The molecule has 0 aromatic heterocycles. The smallest absolute Gasteiger partial charge is 0.492 e. The zero-order valence-corrected chi connectivity index (χ0v) is 14.9. The van der Waals surface area contributed by atoms with Crippen LogP contribution >= 0.6 is 0 Å². The van der Waals surface area contributed by atoms with Crippen LogP contribution in [0.1, 0.15) is 11.1 Å². The maximum Gasteiger partial charge on any atom is 0.573 e. The monoisotopic (exact) mass is 389 g/mol. The normalized spacial score (nSPS) is 12.0. The van der Waals surface area contributed by atoms with Gasteiger partial charge in [0, 0.05) is 6.54 Å². The molecule has 0 saturated carbocycles. The number of benzene rings is 2. The number of sulfonamides is 1. The summed E-state index contributed by atoms with van der Waals surface area (Å²) in [5.74, 6) is 0.143. The Kier molecular flexibility index (Phi) is 6.14. The van der Waals surface area contributed by atoms with Crippen molar-refractivity contribution in [1.82, 2.24) is 4.72 Å². The molecule has 26 heavy (non-hydrogen) atoms. The minimum absolute atomic E-state index is 0.0100. The van der Waals surface area contributed by atoms with Gasteiger partial charge in [0.25, 0.3) is 0 Å². The van der Waals surface area contributed by atoms with E-state index in [1.165, 1.54) is 0 Å². The van der Waals surface area contributed by atoms with Crippen LogP contribution in [0.5, 0.6) is 11.5 Å². The van der Waals surface area contributed by atoms with Crippen LogP contribution in [0.3, 0.4) is 0 Å². The van der Waals surface area contributed by atoms with Crippen molar-refractivity contribution in [3.63, 3.8) is 0 Å². The first-order valence-electron chi connectivity index (χ1n) is 7.62. The number of hydrogen-bond donors (Lipinski definition) is 1. The van der Waals surface area contributed by atoms with Crippen LogP contribution in [0, 0.1) is 13.8 Å². The molecule has 142 valence electrons. The molecule has 0 fully saturated rings. The largest absolute Gasteiger partial charge is 0.573 e. The van der Waals surface area contributed by atoms with Gasteiger partial charge in [-0.1, -0.05) is 6.07 Å². The molecule has 0 unspecified atom stereocenters. The van der Waals surface area contributed by atoms with Crippen LogP contribution < -0.4 is 14.2 Å². The van der Waals surface area contributed by atoms with Gasteiger partial charge in [0.15, 0.2) is 0 Å². The summed E-state index contributed by atoms with van der Waals surface area (Å²) in [6.45, 7) is 3.97. The van der Waals surface area contributed by atoms with Crippen molar-refractivity contribution in [3.8, 4) is 11.5 Å². The van der Waals surface area contributed by atoms with Gasteiger partial charge < -0.3 is 9.47 Å². The predicted octanol–water partition coefficient (Wildman–Crippen LogP) is 3.56. The van der Waals surface area contributed by atoms with Crippen LogP contribution in [0.15, 0.2) is 47.4 Å². The van der Waals surface area contributed by atoms with E-state index in [0.717, 1.165) is 35.4 Å². The molecular weight excluding hydrogens is 371 g/mol. The lowest BCUT2D eigenvalue weighted by atomic mass is 10.1. The molecule has 0 heterocycles. The standard InChI is InChI=1S/C17H18F3NO4S/c1-12-9-13(2)11-15(10-12)24-8-7-21-26(22,23)16-5-3-14(4-6-16)25-17(18,19)20/h3-6,9-11,21H,7-8H2,1-2H3. The van der Waals surface area contributed by atoms with Gasteiger partial charge in [-0.3, -0.25) is 0 Å². The first-order chi connectivity index (χ1) is 12.0. The minimum atomic E-state index is -4.83. The van der Waals surface area contributed by atoms with Crippen LogP contribution in [0.2, 0.25) is 0 Å². The van der Waals surface area contributed by atoms with Crippen LogP contribution in [-0.4, -0.2) is 27.9 Å². The molecule has 2 aromatic rings. The average Bonchev–Trinajstić information content (AvgIpc) is 2.50. The molecule has 0 radical (unpaired) electrons. The van der Waals surface area contributed by atoms with E-state index >= 15 is 0 Å². The Balaban J connectivity index is 1.90. The van der Waals surface area contributed by atoms with E-state index in [0.29, 0.717) is 5.75 Å². The van der Waals surface area contributed by atoms with Crippen molar-refractivity contribution in [2.45, 2.75) is 25.1 Å². The molecule has 1 N–H and O–H groups in total. The van der Waals surface area contributed by atoms with Crippen molar-refractivity contribution in [2.24, 2.45) is 0 Å².